The summed E-state index contributed by atoms with van der Waals surface area (Å²) in [7, 11) is 5.34. The van der Waals surface area contributed by atoms with E-state index in [1.165, 1.54) is 0 Å². The Morgan fingerprint density at radius 3 is 2.39 bits per heavy atom. The average Bonchev–Trinajstić information content (AvgIpc) is 2.36. The molecule has 5 nitrogen and oxygen atoms in total. The molecule has 0 saturated carbocycles. The van der Waals surface area contributed by atoms with Crippen LogP contribution in [-0.4, -0.2) is 49.4 Å². The van der Waals surface area contributed by atoms with Crippen LogP contribution in [-0.2, 0) is 11.3 Å². The van der Waals surface area contributed by atoms with Gasteiger partial charge in [-0.1, -0.05) is 30.3 Å². The van der Waals surface area contributed by atoms with Gasteiger partial charge in [-0.3, -0.25) is 4.79 Å². The molecule has 0 aromatic heterocycles. The SMILES string of the molecule is CN(C)C(N)=NCC(=O)N(C)Cc1ccccc1. The minimum Gasteiger partial charge on any atom is -0.370 e. The maximum absolute atomic E-state index is 11.8. The fourth-order valence-corrected chi connectivity index (χ4v) is 1.36. The van der Waals surface area contributed by atoms with E-state index < -0.39 is 0 Å². The van der Waals surface area contributed by atoms with E-state index in [0.29, 0.717) is 12.5 Å². The van der Waals surface area contributed by atoms with Crippen molar-refractivity contribution in [1.82, 2.24) is 9.80 Å². The second-order valence-corrected chi connectivity index (χ2v) is 4.30. The Bertz CT molecular complexity index is 414. The van der Waals surface area contributed by atoms with Gasteiger partial charge in [-0.2, -0.15) is 0 Å². The quantitative estimate of drug-likeness (QED) is 0.624. The lowest BCUT2D eigenvalue weighted by molar-refractivity contribution is -0.128. The van der Waals surface area contributed by atoms with Crippen molar-refractivity contribution in [3.8, 4) is 0 Å². The van der Waals surface area contributed by atoms with E-state index in [1.54, 1.807) is 30.9 Å². The number of aliphatic imine (C=N–C) groups is 1. The van der Waals surface area contributed by atoms with Gasteiger partial charge in [-0.25, -0.2) is 4.99 Å². The first-order chi connectivity index (χ1) is 8.50. The molecule has 0 aliphatic rings. The Morgan fingerprint density at radius 1 is 1.22 bits per heavy atom. The normalized spacial score (nSPS) is 11.2. The lowest BCUT2D eigenvalue weighted by Gasteiger charge is -2.17. The summed E-state index contributed by atoms with van der Waals surface area (Å²) in [4.78, 5) is 19.1. The van der Waals surface area contributed by atoms with Gasteiger partial charge in [0, 0.05) is 27.7 Å². The number of likely N-dealkylation sites (N-methyl/N-ethyl adjacent to an activating group) is 1. The molecule has 0 fully saturated rings. The molecule has 0 spiro atoms. The second-order valence-electron chi connectivity index (χ2n) is 4.30. The van der Waals surface area contributed by atoms with E-state index in [1.807, 2.05) is 30.3 Å². The number of benzene rings is 1. The summed E-state index contributed by atoms with van der Waals surface area (Å²) in [6.07, 6.45) is 0. The Balaban J connectivity index is 2.50. The third kappa shape index (κ3) is 4.45. The summed E-state index contributed by atoms with van der Waals surface area (Å²) in [5.74, 6) is 0.306. The molecule has 1 aromatic rings. The second kappa shape index (κ2) is 6.64. The van der Waals surface area contributed by atoms with Crippen LogP contribution in [0.3, 0.4) is 0 Å². The molecular weight excluding hydrogens is 228 g/mol. The molecule has 0 radical (unpaired) electrons. The highest BCUT2D eigenvalue weighted by Crippen LogP contribution is 2.02. The highest BCUT2D eigenvalue weighted by molar-refractivity contribution is 5.83. The lowest BCUT2D eigenvalue weighted by Crippen LogP contribution is -2.33. The van der Waals surface area contributed by atoms with Crippen molar-refractivity contribution in [2.24, 2.45) is 10.7 Å². The number of hydrogen-bond acceptors (Lipinski definition) is 2. The zero-order chi connectivity index (χ0) is 13.5. The van der Waals surface area contributed by atoms with Gasteiger partial charge in [0.1, 0.15) is 6.54 Å². The first-order valence-corrected chi connectivity index (χ1v) is 5.76. The Morgan fingerprint density at radius 2 is 1.83 bits per heavy atom. The van der Waals surface area contributed by atoms with E-state index in [0.717, 1.165) is 5.56 Å². The standard InChI is InChI=1S/C13H20N4O/c1-16(2)13(14)15-9-12(18)17(3)10-11-7-5-4-6-8-11/h4-8H,9-10H2,1-3H3,(H2,14,15). The van der Waals surface area contributed by atoms with Crippen molar-refractivity contribution in [3.63, 3.8) is 0 Å². The topological polar surface area (TPSA) is 61.9 Å². The summed E-state index contributed by atoms with van der Waals surface area (Å²) >= 11 is 0. The molecule has 0 aliphatic carbocycles. The van der Waals surface area contributed by atoms with Crippen molar-refractivity contribution < 1.29 is 4.79 Å². The number of nitrogens with two attached hydrogens (primary N) is 1. The Labute approximate surface area is 108 Å². The van der Waals surface area contributed by atoms with E-state index in [-0.39, 0.29) is 12.5 Å². The van der Waals surface area contributed by atoms with Gasteiger partial charge in [0.25, 0.3) is 0 Å². The zero-order valence-corrected chi connectivity index (χ0v) is 11.1. The smallest absolute Gasteiger partial charge is 0.244 e. The first kappa shape index (κ1) is 14.0. The lowest BCUT2D eigenvalue weighted by atomic mass is 10.2. The number of rotatable bonds is 4. The summed E-state index contributed by atoms with van der Waals surface area (Å²) in [6, 6.07) is 9.83. The van der Waals surface area contributed by atoms with Gasteiger partial charge in [0.15, 0.2) is 5.96 Å². The fraction of sp³-hybridized carbons (Fsp3) is 0.385. The summed E-state index contributed by atoms with van der Waals surface area (Å²) in [6.45, 7) is 0.657. The highest BCUT2D eigenvalue weighted by atomic mass is 16.2. The number of amides is 1. The highest BCUT2D eigenvalue weighted by Gasteiger charge is 2.08. The molecule has 0 unspecified atom stereocenters. The van der Waals surface area contributed by atoms with Crippen molar-refractivity contribution in [2.75, 3.05) is 27.7 Å². The van der Waals surface area contributed by atoms with Crippen molar-refractivity contribution in [2.45, 2.75) is 6.54 Å². The third-order valence-electron chi connectivity index (χ3n) is 2.52. The van der Waals surface area contributed by atoms with E-state index in [2.05, 4.69) is 4.99 Å². The van der Waals surface area contributed by atoms with Gasteiger partial charge in [0.2, 0.25) is 5.91 Å². The van der Waals surface area contributed by atoms with E-state index >= 15 is 0 Å². The fourth-order valence-electron chi connectivity index (χ4n) is 1.36. The third-order valence-corrected chi connectivity index (χ3v) is 2.52. The van der Waals surface area contributed by atoms with Crippen molar-refractivity contribution >= 4 is 11.9 Å². The predicted octanol–water partition coefficient (Wildman–Crippen LogP) is 0.521. The Hall–Kier alpha value is -2.04. The maximum Gasteiger partial charge on any atom is 0.244 e. The molecule has 98 valence electrons. The minimum atomic E-state index is -0.0522. The van der Waals surface area contributed by atoms with Gasteiger partial charge >= 0.3 is 0 Å². The molecule has 0 aliphatic heterocycles. The minimum absolute atomic E-state index is 0.0522. The van der Waals surface area contributed by atoms with Crippen LogP contribution in [0.1, 0.15) is 5.56 Å². The largest absolute Gasteiger partial charge is 0.370 e. The van der Waals surface area contributed by atoms with Crippen LogP contribution >= 0.6 is 0 Å². The average molecular weight is 248 g/mol. The number of carbonyl (C=O) groups excluding carboxylic acids is 1. The van der Waals surface area contributed by atoms with Crippen LogP contribution < -0.4 is 5.73 Å². The molecule has 1 amide bonds. The number of hydrogen-bond donors (Lipinski definition) is 1. The molecule has 0 saturated heterocycles. The van der Waals surface area contributed by atoms with Gasteiger partial charge in [0.05, 0.1) is 0 Å². The number of nitrogens with zero attached hydrogens (tertiary/aromatic N) is 3. The van der Waals surface area contributed by atoms with Crippen LogP contribution in [0.25, 0.3) is 0 Å². The van der Waals surface area contributed by atoms with Crippen molar-refractivity contribution in [1.29, 1.82) is 0 Å². The van der Waals surface area contributed by atoms with Crippen molar-refractivity contribution in [3.05, 3.63) is 35.9 Å². The van der Waals surface area contributed by atoms with Crippen LogP contribution in [0, 0.1) is 0 Å². The zero-order valence-electron chi connectivity index (χ0n) is 11.1. The van der Waals surface area contributed by atoms with Gasteiger partial charge in [-0.15, -0.1) is 0 Å². The Kier molecular flexibility index (Phi) is 5.17. The van der Waals surface area contributed by atoms with Gasteiger partial charge < -0.3 is 15.5 Å². The molecule has 1 rings (SSSR count). The molecule has 18 heavy (non-hydrogen) atoms. The molecular formula is C13H20N4O. The molecule has 0 atom stereocenters. The molecule has 5 heteroatoms. The van der Waals surface area contributed by atoms with Gasteiger partial charge in [-0.05, 0) is 5.56 Å². The predicted molar refractivity (Wildman–Crippen MR) is 73.1 cm³/mol. The maximum atomic E-state index is 11.8. The number of carbonyl (C=O) groups is 1. The summed E-state index contributed by atoms with van der Waals surface area (Å²) < 4.78 is 0. The summed E-state index contributed by atoms with van der Waals surface area (Å²) in [5, 5.41) is 0. The van der Waals surface area contributed by atoms with Crippen LogP contribution in [0.4, 0.5) is 0 Å². The first-order valence-electron chi connectivity index (χ1n) is 5.76. The van der Waals surface area contributed by atoms with Crippen LogP contribution in [0.15, 0.2) is 35.3 Å². The van der Waals surface area contributed by atoms with Crippen LogP contribution in [0.5, 0.6) is 0 Å². The van der Waals surface area contributed by atoms with E-state index in [9.17, 15) is 4.79 Å². The molecule has 1 aromatic carbocycles. The number of guanidine groups is 1. The van der Waals surface area contributed by atoms with Crippen LogP contribution in [0.2, 0.25) is 0 Å². The molecule has 0 bridgehead atoms. The van der Waals surface area contributed by atoms with E-state index in [4.69, 9.17) is 5.73 Å². The molecule has 0 heterocycles. The monoisotopic (exact) mass is 248 g/mol. The summed E-state index contributed by atoms with van der Waals surface area (Å²) in [5.41, 5.74) is 6.72. The molecule has 2 N–H and O–H groups in total.